The number of hydrogen-bond donors (Lipinski definition) is 2. The second-order valence-corrected chi connectivity index (χ2v) is 7.77. The lowest BCUT2D eigenvalue weighted by molar-refractivity contribution is -0.145. The van der Waals surface area contributed by atoms with Crippen molar-refractivity contribution in [1.82, 2.24) is 15.1 Å². The summed E-state index contributed by atoms with van der Waals surface area (Å²) in [7, 11) is 0. The number of nitrogens with one attached hydrogen (secondary N) is 1. The molecule has 1 saturated carbocycles. The highest BCUT2D eigenvalue weighted by atomic mass is 127. The van der Waals surface area contributed by atoms with Gasteiger partial charge in [-0.2, -0.15) is 0 Å². The third kappa shape index (κ3) is 4.74. The quantitative estimate of drug-likeness (QED) is 0.388. The van der Waals surface area contributed by atoms with Crippen LogP contribution in [0.1, 0.15) is 53.9 Å². The van der Waals surface area contributed by atoms with Gasteiger partial charge in [0.2, 0.25) is 5.91 Å². The molecule has 0 spiro atoms. The van der Waals surface area contributed by atoms with E-state index < -0.39 is 5.60 Å². The molecule has 0 aromatic carbocycles. The summed E-state index contributed by atoms with van der Waals surface area (Å²) in [5.74, 6) is 0.863. The van der Waals surface area contributed by atoms with Gasteiger partial charge in [-0.05, 0) is 53.9 Å². The van der Waals surface area contributed by atoms with E-state index in [-0.39, 0.29) is 41.5 Å². The largest absolute Gasteiger partial charge is 0.388 e. The number of aliphatic hydroxyl groups is 1. The number of aliphatic imine (C=N–C) groups is 1. The van der Waals surface area contributed by atoms with Crippen LogP contribution in [-0.4, -0.2) is 70.1 Å². The summed E-state index contributed by atoms with van der Waals surface area (Å²) in [5, 5.41) is 13.5. The first kappa shape index (κ1) is 21.5. The molecule has 7 heteroatoms. The van der Waals surface area contributed by atoms with Crippen LogP contribution in [-0.2, 0) is 4.79 Å². The first-order valence-corrected chi connectivity index (χ1v) is 8.76. The predicted octanol–water partition coefficient (Wildman–Crippen LogP) is 1.82. The van der Waals surface area contributed by atoms with Gasteiger partial charge in [0, 0.05) is 19.1 Å². The van der Waals surface area contributed by atoms with Crippen molar-refractivity contribution < 1.29 is 9.90 Å². The number of amides is 1. The second kappa shape index (κ2) is 8.21. The van der Waals surface area contributed by atoms with E-state index in [1.807, 2.05) is 16.7 Å². The molecule has 2 N–H and O–H groups in total. The van der Waals surface area contributed by atoms with E-state index in [9.17, 15) is 9.90 Å². The number of carbonyl (C=O) groups excluding carboxylic acids is 1. The average molecular weight is 452 g/mol. The zero-order chi connectivity index (χ0) is 17.3. The number of nitrogens with zero attached hydrogens (tertiary/aromatic N) is 3. The number of halogens is 1. The zero-order valence-corrected chi connectivity index (χ0v) is 18.0. The topological polar surface area (TPSA) is 68.2 Å². The molecule has 1 aliphatic heterocycles. The maximum absolute atomic E-state index is 12.6. The Balaban J connectivity index is 0.00000288. The molecular formula is C17H33IN4O2. The van der Waals surface area contributed by atoms with E-state index in [1.54, 1.807) is 0 Å². The summed E-state index contributed by atoms with van der Waals surface area (Å²) in [5.41, 5.74) is -0.882. The SMILES string of the molecule is CCNC(=NCC1(O)CCC1)N1CC(=O)N(C(C)C)C(C)(C)C1.I. The molecule has 1 aliphatic carbocycles. The lowest BCUT2D eigenvalue weighted by atomic mass is 9.80. The lowest BCUT2D eigenvalue weighted by Gasteiger charge is -2.49. The van der Waals surface area contributed by atoms with Gasteiger partial charge in [-0.25, -0.2) is 0 Å². The number of hydrogen-bond acceptors (Lipinski definition) is 3. The molecule has 6 nitrogen and oxygen atoms in total. The number of rotatable bonds is 4. The van der Waals surface area contributed by atoms with Gasteiger partial charge in [-0.3, -0.25) is 9.79 Å². The predicted molar refractivity (Wildman–Crippen MR) is 108 cm³/mol. The van der Waals surface area contributed by atoms with E-state index >= 15 is 0 Å². The first-order chi connectivity index (χ1) is 10.7. The van der Waals surface area contributed by atoms with Gasteiger partial charge in [0.25, 0.3) is 0 Å². The highest BCUT2D eigenvalue weighted by Gasteiger charge is 2.41. The van der Waals surface area contributed by atoms with Crippen LogP contribution in [0.15, 0.2) is 4.99 Å². The Morgan fingerprint density at radius 2 is 2.00 bits per heavy atom. The third-order valence-electron chi connectivity index (χ3n) is 4.78. The number of carbonyl (C=O) groups is 1. The molecule has 2 aliphatic rings. The summed E-state index contributed by atoms with van der Waals surface area (Å²) < 4.78 is 0. The molecule has 2 rings (SSSR count). The summed E-state index contributed by atoms with van der Waals surface area (Å²) in [6.07, 6.45) is 2.71. The minimum absolute atomic E-state index is 0. The van der Waals surface area contributed by atoms with E-state index in [2.05, 4.69) is 38.0 Å². The van der Waals surface area contributed by atoms with Crippen molar-refractivity contribution in [3.8, 4) is 0 Å². The van der Waals surface area contributed by atoms with Crippen molar-refractivity contribution >= 4 is 35.8 Å². The van der Waals surface area contributed by atoms with E-state index in [0.29, 0.717) is 13.1 Å². The Morgan fingerprint density at radius 3 is 2.42 bits per heavy atom. The maximum atomic E-state index is 12.6. The molecule has 1 saturated heterocycles. The fourth-order valence-corrected chi connectivity index (χ4v) is 3.70. The normalized spacial score (nSPS) is 23.0. The Kier molecular flexibility index (Phi) is 7.34. The Morgan fingerprint density at radius 1 is 1.38 bits per heavy atom. The van der Waals surface area contributed by atoms with Gasteiger partial charge in [0.05, 0.1) is 24.2 Å². The molecule has 1 heterocycles. The molecule has 0 bridgehead atoms. The van der Waals surface area contributed by atoms with Crippen molar-refractivity contribution in [2.75, 3.05) is 26.2 Å². The van der Waals surface area contributed by atoms with Gasteiger partial charge in [-0.15, -0.1) is 24.0 Å². The van der Waals surface area contributed by atoms with Crippen LogP contribution in [0.4, 0.5) is 0 Å². The van der Waals surface area contributed by atoms with Gasteiger partial charge >= 0.3 is 0 Å². The number of guanidine groups is 1. The molecule has 2 fully saturated rings. The fraction of sp³-hybridized carbons (Fsp3) is 0.882. The Bertz CT molecular complexity index is 475. The first-order valence-electron chi connectivity index (χ1n) is 8.76. The molecule has 1 amide bonds. The standard InChI is InChI=1S/C17H32N4O2.HI/c1-6-18-15(19-11-17(23)8-7-9-17)20-10-14(22)21(13(2)3)16(4,5)12-20;/h13,23H,6-12H2,1-5H3,(H,18,19);1H. The second-order valence-electron chi connectivity index (χ2n) is 7.77. The van der Waals surface area contributed by atoms with Crippen molar-refractivity contribution in [3.63, 3.8) is 0 Å². The van der Waals surface area contributed by atoms with Crippen LogP contribution >= 0.6 is 24.0 Å². The van der Waals surface area contributed by atoms with Crippen LogP contribution in [0.2, 0.25) is 0 Å². The van der Waals surface area contributed by atoms with Gasteiger partial charge in [0.15, 0.2) is 5.96 Å². The fourth-order valence-electron chi connectivity index (χ4n) is 3.70. The summed E-state index contributed by atoms with van der Waals surface area (Å²) >= 11 is 0. The van der Waals surface area contributed by atoms with Crippen LogP contribution < -0.4 is 5.32 Å². The number of piperazine rings is 1. The van der Waals surface area contributed by atoms with Crippen molar-refractivity contribution in [3.05, 3.63) is 0 Å². The van der Waals surface area contributed by atoms with E-state index in [4.69, 9.17) is 0 Å². The lowest BCUT2D eigenvalue weighted by Crippen LogP contribution is -2.66. The van der Waals surface area contributed by atoms with Gasteiger partial charge in [-0.1, -0.05) is 0 Å². The third-order valence-corrected chi connectivity index (χ3v) is 4.78. The van der Waals surface area contributed by atoms with Crippen LogP contribution in [0.25, 0.3) is 0 Å². The molecule has 0 radical (unpaired) electrons. The monoisotopic (exact) mass is 452 g/mol. The van der Waals surface area contributed by atoms with Gasteiger partial charge in [0.1, 0.15) is 0 Å². The highest BCUT2D eigenvalue weighted by Crippen LogP contribution is 2.32. The minimum Gasteiger partial charge on any atom is -0.388 e. The van der Waals surface area contributed by atoms with E-state index in [1.165, 1.54) is 0 Å². The Labute approximate surface area is 163 Å². The zero-order valence-electron chi connectivity index (χ0n) is 15.6. The highest BCUT2D eigenvalue weighted by molar-refractivity contribution is 14.0. The molecule has 140 valence electrons. The van der Waals surface area contributed by atoms with E-state index in [0.717, 1.165) is 38.3 Å². The van der Waals surface area contributed by atoms with Gasteiger partial charge < -0.3 is 20.2 Å². The average Bonchev–Trinajstić information content (AvgIpc) is 2.38. The smallest absolute Gasteiger partial charge is 0.242 e. The maximum Gasteiger partial charge on any atom is 0.242 e. The Hall–Kier alpha value is -0.570. The van der Waals surface area contributed by atoms with Crippen molar-refractivity contribution in [2.45, 2.75) is 71.1 Å². The van der Waals surface area contributed by atoms with Crippen LogP contribution in [0, 0.1) is 0 Å². The van der Waals surface area contributed by atoms with Crippen molar-refractivity contribution in [2.24, 2.45) is 4.99 Å². The molecule has 0 aromatic rings. The molecule has 24 heavy (non-hydrogen) atoms. The van der Waals surface area contributed by atoms with Crippen molar-refractivity contribution in [1.29, 1.82) is 0 Å². The van der Waals surface area contributed by atoms with Crippen LogP contribution in [0.3, 0.4) is 0 Å². The minimum atomic E-state index is -0.639. The summed E-state index contributed by atoms with van der Waals surface area (Å²) in [4.78, 5) is 21.2. The summed E-state index contributed by atoms with van der Waals surface area (Å²) in [6, 6.07) is 0.190. The molecular weight excluding hydrogens is 419 g/mol. The van der Waals surface area contributed by atoms with Crippen LogP contribution in [0.5, 0.6) is 0 Å². The molecule has 0 unspecified atom stereocenters. The molecule has 0 atom stereocenters. The summed E-state index contributed by atoms with van der Waals surface area (Å²) in [6.45, 7) is 12.6. The molecule has 0 aromatic heterocycles.